The van der Waals surface area contributed by atoms with Gasteiger partial charge in [-0.2, -0.15) is 0 Å². The molecule has 0 radical (unpaired) electrons. The fraction of sp³-hybridized carbons (Fsp3) is 0.481. The number of rotatable bonds is 13. The Kier molecular flexibility index (Phi) is 10.0. The molecule has 0 aromatic carbocycles. The fourth-order valence-corrected chi connectivity index (χ4v) is 6.44. The van der Waals surface area contributed by atoms with Crippen LogP contribution in [-0.4, -0.2) is 90.8 Å². The Labute approximate surface area is 242 Å². The van der Waals surface area contributed by atoms with E-state index in [-0.39, 0.29) is 23.3 Å². The zero-order chi connectivity index (χ0) is 28.6. The molecule has 0 saturated heterocycles. The van der Waals surface area contributed by atoms with Gasteiger partial charge in [-0.15, -0.1) is 23.5 Å². The summed E-state index contributed by atoms with van der Waals surface area (Å²) in [5.41, 5.74) is -0.952. The molecule has 11 nitrogen and oxygen atoms in total. The Bertz CT molecular complexity index is 1190. The number of aromatic nitrogens is 2. The first kappa shape index (κ1) is 29.8. The molecular weight excluding hydrogens is 550 g/mol. The maximum Gasteiger partial charge on any atom is 0.248 e. The van der Waals surface area contributed by atoms with Crippen molar-refractivity contribution < 1.29 is 19.8 Å². The number of aliphatic imine (C=N–C) groups is 2. The van der Waals surface area contributed by atoms with Crippen LogP contribution >= 0.6 is 23.5 Å². The molecule has 2 atom stereocenters. The summed E-state index contributed by atoms with van der Waals surface area (Å²) in [5, 5.41) is 30.5. The van der Waals surface area contributed by atoms with Crippen molar-refractivity contribution in [1.82, 2.24) is 25.9 Å². The molecule has 0 spiro atoms. The summed E-state index contributed by atoms with van der Waals surface area (Å²) >= 11 is 2.84. The maximum absolute atomic E-state index is 12.7. The van der Waals surface area contributed by atoms with Crippen LogP contribution in [0.3, 0.4) is 0 Å². The molecule has 2 aliphatic heterocycles. The zero-order valence-corrected chi connectivity index (χ0v) is 24.3. The molecule has 5 N–H and O–H groups in total. The lowest BCUT2D eigenvalue weighted by atomic mass is 10.1. The van der Waals surface area contributed by atoms with E-state index in [1.54, 1.807) is 50.5 Å². The predicted molar refractivity (Wildman–Crippen MR) is 159 cm³/mol. The third-order valence-corrected chi connectivity index (χ3v) is 9.04. The second kappa shape index (κ2) is 13.5. The minimum atomic E-state index is -0.886. The van der Waals surface area contributed by atoms with Crippen molar-refractivity contribution in [3.05, 3.63) is 48.0 Å². The van der Waals surface area contributed by atoms with Gasteiger partial charge in [0.15, 0.2) is 0 Å². The van der Waals surface area contributed by atoms with Crippen molar-refractivity contribution >= 4 is 45.4 Å². The average Bonchev–Trinajstić information content (AvgIpc) is 3.54. The number of pyridine rings is 2. The van der Waals surface area contributed by atoms with E-state index in [1.807, 2.05) is 0 Å². The monoisotopic (exact) mass is 585 g/mol. The van der Waals surface area contributed by atoms with Crippen LogP contribution in [0.15, 0.2) is 46.6 Å². The molecule has 0 bridgehead atoms. The Morgan fingerprint density at radius 1 is 0.775 bits per heavy atom. The second-order valence-electron chi connectivity index (χ2n) is 10.0. The highest BCUT2D eigenvalue weighted by atomic mass is 32.2. The Balaban J connectivity index is 1.07. The molecule has 2 aromatic rings. The van der Waals surface area contributed by atoms with Gasteiger partial charge in [-0.25, -0.2) is 0 Å². The van der Waals surface area contributed by atoms with E-state index >= 15 is 0 Å². The number of carbonyl (C=O) groups excluding carboxylic acids is 2. The lowest BCUT2D eigenvalue weighted by Gasteiger charge is -2.19. The maximum atomic E-state index is 12.7. The predicted octanol–water partition coefficient (Wildman–Crippen LogP) is 2.08. The molecule has 4 heterocycles. The topological polar surface area (TPSA) is 161 Å². The smallest absolute Gasteiger partial charge is 0.248 e. The zero-order valence-electron chi connectivity index (χ0n) is 22.6. The lowest BCUT2D eigenvalue weighted by molar-refractivity contribution is -0.125. The quantitative estimate of drug-likeness (QED) is 0.222. The summed E-state index contributed by atoms with van der Waals surface area (Å²) in [7, 11) is 0. The summed E-state index contributed by atoms with van der Waals surface area (Å²) in [4.78, 5) is 42.9. The molecule has 40 heavy (non-hydrogen) atoms. The van der Waals surface area contributed by atoms with Crippen LogP contribution in [0.5, 0.6) is 11.5 Å². The number of hydrogen-bond acceptors (Lipinski definition) is 11. The van der Waals surface area contributed by atoms with Gasteiger partial charge in [0.2, 0.25) is 11.8 Å². The van der Waals surface area contributed by atoms with Crippen molar-refractivity contribution in [2.45, 2.75) is 44.2 Å². The third-order valence-electron chi connectivity index (χ3n) is 6.51. The number of aromatic hydroxyl groups is 2. The molecule has 0 fully saturated rings. The van der Waals surface area contributed by atoms with Gasteiger partial charge in [0.25, 0.3) is 0 Å². The van der Waals surface area contributed by atoms with Crippen LogP contribution in [0.4, 0.5) is 0 Å². The van der Waals surface area contributed by atoms with E-state index in [1.165, 1.54) is 23.5 Å². The number of thioether (sulfide) groups is 2. The van der Waals surface area contributed by atoms with Gasteiger partial charge >= 0.3 is 0 Å². The van der Waals surface area contributed by atoms with Crippen LogP contribution < -0.4 is 16.0 Å². The Hall–Kier alpha value is -3.16. The lowest BCUT2D eigenvalue weighted by Crippen LogP contribution is -2.44. The molecule has 2 aliphatic rings. The summed E-state index contributed by atoms with van der Waals surface area (Å²) in [5.74, 6) is 0.850. The van der Waals surface area contributed by atoms with Gasteiger partial charge in [0.05, 0.1) is 0 Å². The minimum Gasteiger partial charge on any atom is -0.506 e. The number of nitrogens with zero attached hydrogens (tertiary/aromatic N) is 4. The van der Waals surface area contributed by atoms with Crippen molar-refractivity contribution in [1.29, 1.82) is 0 Å². The normalized spacial score (nSPS) is 22.1. The Morgan fingerprint density at radius 3 is 1.73 bits per heavy atom. The highest BCUT2D eigenvalue weighted by Crippen LogP contribution is 2.34. The standard InChI is InChI=1S/C27H35N7O4S2/c1-26(16-39-22(33-26)20-18(35)8-5-13-29-20)24(37)31-12-4-3-10-28-11-7-15-32-25(38)27(2)17-40-23(34-27)21-19(36)9-6-14-30-21/h5-6,8-9,13-14,28,35-36H,3-4,7,10-12,15-17H2,1-2H3,(H,31,37)(H,32,38)/t26-,27-/m1/s1. The molecule has 0 saturated carbocycles. The second-order valence-corrected chi connectivity index (χ2v) is 12.0. The van der Waals surface area contributed by atoms with Gasteiger partial charge in [-0.1, -0.05) is 0 Å². The molecular formula is C27H35N7O4S2. The third kappa shape index (κ3) is 7.32. The van der Waals surface area contributed by atoms with Crippen molar-refractivity contribution in [3.8, 4) is 11.5 Å². The summed E-state index contributed by atoms with van der Waals surface area (Å²) < 4.78 is 0. The molecule has 2 aromatic heterocycles. The SMILES string of the molecule is C[C@]1(C(=O)NCCCCNCCCNC(=O)[C@@]2(C)CSC(c3ncccc3O)=N2)CSC(c2ncccc2O)=N1. The average molecular weight is 586 g/mol. The van der Waals surface area contributed by atoms with E-state index < -0.39 is 11.1 Å². The molecule has 2 amide bonds. The molecule has 0 unspecified atom stereocenters. The molecule has 0 aliphatic carbocycles. The van der Waals surface area contributed by atoms with Crippen molar-refractivity contribution in [3.63, 3.8) is 0 Å². The minimum absolute atomic E-state index is 0.0558. The Morgan fingerprint density at radius 2 is 1.23 bits per heavy atom. The van der Waals surface area contributed by atoms with E-state index in [9.17, 15) is 19.8 Å². The van der Waals surface area contributed by atoms with E-state index in [0.29, 0.717) is 46.1 Å². The van der Waals surface area contributed by atoms with E-state index in [2.05, 4.69) is 35.9 Å². The molecule has 13 heteroatoms. The largest absolute Gasteiger partial charge is 0.506 e. The van der Waals surface area contributed by atoms with E-state index in [4.69, 9.17) is 0 Å². The summed E-state index contributed by atoms with van der Waals surface area (Å²) in [6, 6.07) is 6.42. The first-order chi connectivity index (χ1) is 19.2. The van der Waals surface area contributed by atoms with Crippen LogP contribution in [0, 0.1) is 0 Å². The number of amides is 2. The van der Waals surface area contributed by atoms with E-state index in [0.717, 1.165) is 32.4 Å². The number of unbranched alkanes of at least 4 members (excludes halogenated alkanes) is 1. The number of nitrogens with one attached hydrogen (secondary N) is 3. The highest BCUT2D eigenvalue weighted by Gasteiger charge is 2.40. The van der Waals surface area contributed by atoms with Crippen LogP contribution in [-0.2, 0) is 9.59 Å². The first-order valence-corrected chi connectivity index (χ1v) is 15.2. The molecule has 4 rings (SSSR count). The van der Waals surface area contributed by atoms with Gasteiger partial charge in [-0.05, 0) is 70.5 Å². The van der Waals surface area contributed by atoms with Gasteiger partial charge < -0.3 is 26.2 Å². The fourth-order valence-electron chi connectivity index (χ4n) is 4.09. The van der Waals surface area contributed by atoms with Crippen molar-refractivity contribution in [2.75, 3.05) is 37.7 Å². The highest BCUT2D eigenvalue weighted by molar-refractivity contribution is 8.15. The summed E-state index contributed by atoms with van der Waals surface area (Å²) in [6.07, 6.45) is 5.71. The van der Waals surface area contributed by atoms with Gasteiger partial charge in [-0.3, -0.25) is 29.5 Å². The van der Waals surface area contributed by atoms with Crippen LogP contribution in [0.1, 0.15) is 44.5 Å². The van der Waals surface area contributed by atoms with Gasteiger partial charge in [0.1, 0.15) is 44.1 Å². The van der Waals surface area contributed by atoms with Crippen LogP contribution in [0.25, 0.3) is 0 Å². The number of hydrogen-bond donors (Lipinski definition) is 5. The van der Waals surface area contributed by atoms with Gasteiger partial charge in [0, 0.05) is 37.0 Å². The molecule has 214 valence electrons. The van der Waals surface area contributed by atoms with Crippen LogP contribution in [0.2, 0.25) is 0 Å². The first-order valence-electron chi connectivity index (χ1n) is 13.2. The number of carbonyl (C=O) groups is 2. The summed E-state index contributed by atoms with van der Waals surface area (Å²) in [6.45, 7) is 6.27. The van der Waals surface area contributed by atoms with Crippen molar-refractivity contribution in [2.24, 2.45) is 9.98 Å².